The number of amides is 1. The molecule has 0 spiro atoms. The summed E-state index contributed by atoms with van der Waals surface area (Å²) in [5, 5.41) is 8.57. The fraction of sp³-hybridized carbons (Fsp3) is 0.667. The smallest absolute Gasteiger partial charge is 0.220 e. The van der Waals surface area contributed by atoms with Gasteiger partial charge in [-0.05, 0) is 50.1 Å². The Bertz CT molecular complexity index is 364. The Hall–Kier alpha value is -0.580. The van der Waals surface area contributed by atoms with E-state index in [1.165, 1.54) is 17.7 Å². The first-order chi connectivity index (χ1) is 9.34. The van der Waals surface area contributed by atoms with Crippen LogP contribution in [-0.4, -0.2) is 25.0 Å². The zero-order valence-electron chi connectivity index (χ0n) is 11.9. The van der Waals surface area contributed by atoms with E-state index in [0.29, 0.717) is 12.5 Å². The van der Waals surface area contributed by atoms with E-state index in [-0.39, 0.29) is 18.3 Å². The highest BCUT2D eigenvalue weighted by Gasteiger charge is 2.14. The molecule has 2 N–H and O–H groups in total. The van der Waals surface area contributed by atoms with Crippen LogP contribution in [-0.2, 0) is 11.2 Å². The van der Waals surface area contributed by atoms with E-state index in [9.17, 15) is 4.79 Å². The van der Waals surface area contributed by atoms with Crippen LogP contribution in [0.2, 0.25) is 0 Å². The van der Waals surface area contributed by atoms with Crippen molar-refractivity contribution in [3.8, 4) is 0 Å². The predicted octanol–water partition coefficient (Wildman–Crippen LogP) is 3.14. The van der Waals surface area contributed by atoms with Gasteiger partial charge in [-0.3, -0.25) is 4.79 Å². The van der Waals surface area contributed by atoms with Crippen LogP contribution >= 0.6 is 23.7 Å². The lowest BCUT2D eigenvalue weighted by Crippen LogP contribution is -2.45. The maximum absolute atomic E-state index is 11.8. The largest absolute Gasteiger partial charge is 0.352 e. The lowest BCUT2D eigenvalue weighted by atomic mass is 10.1. The molecular weight excluding hydrogens is 292 g/mol. The first-order valence-corrected chi connectivity index (χ1v) is 8.25. The van der Waals surface area contributed by atoms with Gasteiger partial charge in [0, 0.05) is 23.9 Å². The molecule has 0 saturated carbocycles. The summed E-state index contributed by atoms with van der Waals surface area (Å²) >= 11 is 1.82. The minimum atomic E-state index is 0. The number of carbonyl (C=O) groups excluding carboxylic acids is 1. The van der Waals surface area contributed by atoms with Gasteiger partial charge in [-0.2, -0.15) is 0 Å². The molecule has 1 unspecified atom stereocenters. The Balaban J connectivity index is 0.00000200. The molecule has 3 nitrogen and oxygen atoms in total. The van der Waals surface area contributed by atoms with E-state index >= 15 is 0 Å². The third-order valence-electron chi connectivity index (χ3n) is 3.57. The summed E-state index contributed by atoms with van der Waals surface area (Å²) in [6, 6.07) is 4.64. The summed E-state index contributed by atoms with van der Waals surface area (Å²) in [4.78, 5) is 13.2. The lowest BCUT2D eigenvalue weighted by Gasteiger charge is -2.23. The molecule has 1 fully saturated rings. The van der Waals surface area contributed by atoms with Crippen LogP contribution in [0.3, 0.4) is 0 Å². The van der Waals surface area contributed by atoms with Crippen LogP contribution in [0, 0.1) is 0 Å². The second kappa shape index (κ2) is 10.2. The Morgan fingerprint density at radius 2 is 2.30 bits per heavy atom. The normalized spacial score (nSPS) is 18.3. The monoisotopic (exact) mass is 316 g/mol. The Morgan fingerprint density at radius 3 is 3.00 bits per heavy atom. The molecule has 1 atom stereocenters. The average molecular weight is 317 g/mol. The molecule has 0 aromatic carbocycles. The van der Waals surface area contributed by atoms with Crippen molar-refractivity contribution < 1.29 is 4.79 Å². The predicted molar refractivity (Wildman–Crippen MR) is 87.8 cm³/mol. The second-order valence-corrected chi connectivity index (χ2v) is 6.28. The van der Waals surface area contributed by atoms with Gasteiger partial charge in [0.2, 0.25) is 5.91 Å². The highest BCUT2D eigenvalue weighted by Crippen LogP contribution is 2.13. The van der Waals surface area contributed by atoms with Gasteiger partial charge in [0.15, 0.2) is 0 Å². The van der Waals surface area contributed by atoms with Crippen molar-refractivity contribution in [1.29, 1.82) is 0 Å². The molecule has 1 aromatic heterocycles. The average Bonchev–Trinajstić information content (AvgIpc) is 2.92. The van der Waals surface area contributed by atoms with Crippen LogP contribution in [0.15, 0.2) is 17.5 Å². The number of halogens is 1. The van der Waals surface area contributed by atoms with Gasteiger partial charge in [-0.1, -0.05) is 12.5 Å². The van der Waals surface area contributed by atoms with E-state index in [4.69, 9.17) is 0 Å². The third kappa shape index (κ3) is 6.73. The molecule has 1 saturated heterocycles. The molecule has 0 bridgehead atoms. The molecule has 1 aliphatic rings. The first-order valence-electron chi connectivity index (χ1n) is 7.37. The van der Waals surface area contributed by atoms with Gasteiger partial charge in [0.25, 0.3) is 0 Å². The van der Waals surface area contributed by atoms with Gasteiger partial charge in [-0.25, -0.2) is 0 Å². The molecule has 1 aromatic rings. The zero-order valence-corrected chi connectivity index (χ0v) is 13.5. The van der Waals surface area contributed by atoms with Gasteiger partial charge >= 0.3 is 0 Å². The Labute approximate surface area is 131 Å². The third-order valence-corrected chi connectivity index (χ3v) is 4.51. The van der Waals surface area contributed by atoms with Crippen molar-refractivity contribution in [3.63, 3.8) is 0 Å². The molecule has 20 heavy (non-hydrogen) atoms. The number of thiophene rings is 1. The van der Waals surface area contributed by atoms with Crippen LogP contribution in [0.1, 0.15) is 43.4 Å². The summed E-state index contributed by atoms with van der Waals surface area (Å²) < 4.78 is 0. The number of rotatable bonds is 7. The first kappa shape index (κ1) is 17.5. The summed E-state index contributed by atoms with van der Waals surface area (Å²) in [7, 11) is 0. The topological polar surface area (TPSA) is 41.1 Å². The summed E-state index contributed by atoms with van der Waals surface area (Å²) in [5.41, 5.74) is 0. The van der Waals surface area contributed by atoms with Gasteiger partial charge in [-0.15, -0.1) is 23.7 Å². The highest BCUT2D eigenvalue weighted by molar-refractivity contribution is 7.09. The fourth-order valence-electron chi connectivity index (χ4n) is 2.49. The fourth-order valence-corrected chi connectivity index (χ4v) is 3.24. The minimum Gasteiger partial charge on any atom is -0.352 e. The number of nitrogens with one attached hydrogen (secondary N) is 2. The van der Waals surface area contributed by atoms with Crippen molar-refractivity contribution >= 4 is 29.7 Å². The standard InChI is InChI=1S/C15H24N2OS.ClH/c18-15(17-13-6-4-10-16-12-13)9-3-1-2-7-14-8-5-11-19-14;/h5,8,11,13,16H,1-4,6-7,9-10,12H2,(H,17,18);1H. The molecule has 1 amide bonds. The van der Waals surface area contributed by atoms with Gasteiger partial charge in [0.05, 0.1) is 0 Å². The molecule has 0 aliphatic carbocycles. The number of carbonyl (C=O) groups is 1. The summed E-state index contributed by atoms with van der Waals surface area (Å²) in [6.45, 7) is 2.03. The summed E-state index contributed by atoms with van der Waals surface area (Å²) in [6.07, 6.45) is 7.49. The van der Waals surface area contributed by atoms with Crippen molar-refractivity contribution in [2.24, 2.45) is 0 Å². The molecule has 1 aliphatic heterocycles. The quantitative estimate of drug-likeness (QED) is 0.759. The number of aryl methyl sites for hydroxylation is 1. The van der Waals surface area contributed by atoms with E-state index in [1.807, 2.05) is 11.3 Å². The minimum absolute atomic E-state index is 0. The van der Waals surface area contributed by atoms with Crippen molar-refractivity contribution in [2.75, 3.05) is 13.1 Å². The van der Waals surface area contributed by atoms with Crippen LogP contribution in [0.4, 0.5) is 0 Å². The number of hydrogen-bond donors (Lipinski definition) is 2. The van der Waals surface area contributed by atoms with Gasteiger partial charge in [0.1, 0.15) is 0 Å². The molecule has 5 heteroatoms. The molecule has 2 heterocycles. The Kier molecular flexibility index (Phi) is 8.90. The van der Waals surface area contributed by atoms with Crippen LogP contribution in [0.25, 0.3) is 0 Å². The van der Waals surface area contributed by atoms with Gasteiger partial charge < -0.3 is 10.6 Å². The molecular formula is C15H25ClN2OS. The van der Waals surface area contributed by atoms with Crippen LogP contribution < -0.4 is 10.6 Å². The van der Waals surface area contributed by atoms with Crippen LogP contribution in [0.5, 0.6) is 0 Å². The van der Waals surface area contributed by atoms with E-state index < -0.39 is 0 Å². The van der Waals surface area contributed by atoms with Crippen molar-refractivity contribution in [2.45, 2.75) is 51.0 Å². The Morgan fingerprint density at radius 1 is 1.40 bits per heavy atom. The molecule has 0 radical (unpaired) electrons. The van der Waals surface area contributed by atoms with Crippen molar-refractivity contribution in [1.82, 2.24) is 10.6 Å². The highest BCUT2D eigenvalue weighted by atomic mass is 35.5. The second-order valence-electron chi connectivity index (χ2n) is 5.25. The number of hydrogen-bond acceptors (Lipinski definition) is 3. The SMILES string of the molecule is Cl.O=C(CCCCCc1cccs1)NC1CCCNC1. The number of unbranched alkanes of at least 4 members (excludes halogenated alkanes) is 2. The number of piperidine rings is 1. The molecule has 2 rings (SSSR count). The summed E-state index contributed by atoms with van der Waals surface area (Å²) in [5.74, 6) is 0.227. The van der Waals surface area contributed by atoms with E-state index in [1.54, 1.807) is 0 Å². The molecule has 114 valence electrons. The maximum Gasteiger partial charge on any atom is 0.220 e. The maximum atomic E-state index is 11.8. The van der Waals surface area contributed by atoms with E-state index in [0.717, 1.165) is 38.8 Å². The van der Waals surface area contributed by atoms with E-state index in [2.05, 4.69) is 28.1 Å². The zero-order chi connectivity index (χ0) is 13.3. The lowest BCUT2D eigenvalue weighted by molar-refractivity contribution is -0.122. The van der Waals surface area contributed by atoms with Crippen molar-refractivity contribution in [3.05, 3.63) is 22.4 Å².